The van der Waals surface area contributed by atoms with Crippen LogP contribution >= 0.6 is 34.8 Å². The second-order valence-corrected chi connectivity index (χ2v) is 7.46. The highest BCUT2D eigenvalue weighted by atomic mass is 35.5. The van der Waals surface area contributed by atoms with Gasteiger partial charge in [-0.2, -0.15) is 0 Å². The maximum absolute atomic E-state index is 14.1. The van der Waals surface area contributed by atoms with Crippen LogP contribution in [0.25, 0.3) is 0 Å². The number of carbonyl (C=O) groups is 2. The summed E-state index contributed by atoms with van der Waals surface area (Å²) in [7, 11) is 0. The summed E-state index contributed by atoms with van der Waals surface area (Å²) < 4.78 is 14.1. The van der Waals surface area contributed by atoms with E-state index >= 15 is 0 Å². The van der Waals surface area contributed by atoms with Gasteiger partial charge in [0.1, 0.15) is 11.9 Å². The highest BCUT2D eigenvalue weighted by Gasteiger charge is 2.27. The molecule has 28 heavy (non-hydrogen) atoms. The van der Waals surface area contributed by atoms with Gasteiger partial charge in [-0.15, -0.1) is 0 Å². The van der Waals surface area contributed by atoms with E-state index in [-0.39, 0.29) is 29.5 Å². The van der Waals surface area contributed by atoms with E-state index < -0.39 is 17.8 Å². The molecule has 2 aromatic carbocycles. The van der Waals surface area contributed by atoms with Crippen LogP contribution in [0.15, 0.2) is 36.4 Å². The third kappa shape index (κ3) is 5.60. The number of benzene rings is 2. The second-order valence-electron chi connectivity index (χ2n) is 6.20. The van der Waals surface area contributed by atoms with Crippen LogP contribution < -0.4 is 5.32 Å². The number of nitrogens with one attached hydrogen (secondary N) is 1. The largest absolute Gasteiger partial charge is 0.355 e. The normalized spacial score (nSPS) is 11.8. The Balaban J connectivity index is 2.33. The fourth-order valence-electron chi connectivity index (χ4n) is 2.69. The third-order valence-electron chi connectivity index (χ3n) is 4.26. The van der Waals surface area contributed by atoms with E-state index in [1.165, 1.54) is 23.1 Å². The first-order valence-electron chi connectivity index (χ1n) is 8.68. The number of carbonyl (C=O) groups excluding carboxylic acids is 2. The van der Waals surface area contributed by atoms with Gasteiger partial charge < -0.3 is 10.2 Å². The molecular weight excluding hydrogens is 426 g/mol. The number of likely N-dealkylation sites (N-methyl/N-ethyl adjacent to an activating group) is 1. The summed E-state index contributed by atoms with van der Waals surface area (Å²) in [4.78, 5) is 26.7. The van der Waals surface area contributed by atoms with Crippen molar-refractivity contribution in [1.82, 2.24) is 10.2 Å². The highest BCUT2D eigenvalue weighted by Crippen LogP contribution is 2.25. The number of hydrogen-bond acceptors (Lipinski definition) is 2. The lowest BCUT2D eigenvalue weighted by Gasteiger charge is -2.29. The molecule has 0 aliphatic rings. The summed E-state index contributed by atoms with van der Waals surface area (Å²) in [6, 6.07) is 8.33. The number of hydrogen-bond donors (Lipinski definition) is 1. The Hall–Kier alpha value is -1.82. The molecule has 0 saturated carbocycles. The van der Waals surface area contributed by atoms with E-state index in [9.17, 15) is 14.0 Å². The summed E-state index contributed by atoms with van der Waals surface area (Å²) in [6.07, 6.45) is -0.277. The van der Waals surface area contributed by atoms with E-state index in [1.807, 2.05) is 0 Å². The van der Waals surface area contributed by atoms with Gasteiger partial charge in [0.25, 0.3) is 0 Å². The van der Waals surface area contributed by atoms with E-state index in [4.69, 9.17) is 34.8 Å². The van der Waals surface area contributed by atoms with Gasteiger partial charge >= 0.3 is 0 Å². The lowest BCUT2D eigenvalue weighted by Crippen LogP contribution is -2.48. The predicted molar refractivity (Wildman–Crippen MR) is 110 cm³/mol. The van der Waals surface area contributed by atoms with Crippen molar-refractivity contribution < 1.29 is 14.0 Å². The lowest BCUT2D eigenvalue weighted by molar-refractivity contribution is -0.140. The minimum Gasteiger partial charge on any atom is -0.355 e. The van der Waals surface area contributed by atoms with Gasteiger partial charge in [0.2, 0.25) is 11.8 Å². The number of amides is 2. The molecule has 150 valence electrons. The third-order valence-corrected chi connectivity index (χ3v) is 5.20. The minimum atomic E-state index is -0.787. The minimum absolute atomic E-state index is 0.0687. The van der Waals surface area contributed by atoms with Crippen LogP contribution in [-0.4, -0.2) is 29.3 Å². The predicted octanol–water partition coefficient (Wildman–Crippen LogP) is 4.88. The zero-order valence-electron chi connectivity index (χ0n) is 15.4. The van der Waals surface area contributed by atoms with Crippen molar-refractivity contribution >= 4 is 46.6 Å². The molecule has 0 saturated heterocycles. The van der Waals surface area contributed by atoms with Gasteiger partial charge in [-0.25, -0.2) is 4.39 Å². The molecule has 4 nitrogen and oxygen atoms in total. The highest BCUT2D eigenvalue weighted by molar-refractivity contribution is 6.35. The van der Waals surface area contributed by atoms with Crippen molar-refractivity contribution in [1.29, 1.82) is 0 Å². The fourth-order valence-corrected chi connectivity index (χ4v) is 3.39. The summed E-state index contributed by atoms with van der Waals surface area (Å²) in [6.45, 7) is 3.88. The molecule has 8 heteroatoms. The molecule has 0 aromatic heterocycles. The Morgan fingerprint density at radius 3 is 2.46 bits per heavy atom. The Kier molecular flexibility index (Phi) is 8.10. The molecular formula is C20H20Cl3FN2O2. The zero-order valence-corrected chi connectivity index (χ0v) is 17.7. The van der Waals surface area contributed by atoms with Crippen LogP contribution in [-0.2, 0) is 22.6 Å². The van der Waals surface area contributed by atoms with Gasteiger partial charge in [-0.05, 0) is 43.7 Å². The zero-order chi connectivity index (χ0) is 20.8. The quantitative estimate of drug-likeness (QED) is 0.660. The molecule has 0 aliphatic carbocycles. The van der Waals surface area contributed by atoms with Crippen molar-refractivity contribution in [2.75, 3.05) is 6.54 Å². The van der Waals surface area contributed by atoms with Crippen LogP contribution in [0.5, 0.6) is 0 Å². The average molecular weight is 446 g/mol. The topological polar surface area (TPSA) is 49.4 Å². The first kappa shape index (κ1) is 22.5. The SMILES string of the molecule is CCNC(=O)[C@H](C)N(Cc1ccc(Cl)cc1Cl)C(=O)Cc1c(F)cccc1Cl. The maximum atomic E-state index is 14.1. The van der Waals surface area contributed by atoms with Crippen molar-refractivity contribution in [3.63, 3.8) is 0 Å². The molecule has 1 N–H and O–H groups in total. The fraction of sp³-hybridized carbons (Fsp3) is 0.300. The van der Waals surface area contributed by atoms with Crippen LogP contribution in [0.2, 0.25) is 15.1 Å². The van der Waals surface area contributed by atoms with Gasteiger partial charge in [-0.1, -0.05) is 46.9 Å². The van der Waals surface area contributed by atoms with Crippen molar-refractivity contribution in [2.24, 2.45) is 0 Å². The van der Waals surface area contributed by atoms with Crippen molar-refractivity contribution in [2.45, 2.75) is 32.9 Å². The number of halogens is 4. The lowest BCUT2D eigenvalue weighted by atomic mass is 10.1. The van der Waals surface area contributed by atoms with Gasteiger partial charge in [0.15, 0.2) is 0 Å². The Bertz CT molecular complexity index is 856. The van der Waals surface area contributed by atoms with E-state index in [0.717, 1.165) is 0 Å². The molecule has 2 aromatic rings. The van der Waals surface area contributed by atoms with Gasteiger partial charge in [0.05, 0.1) is 6.42 Å². The first-order chi connectivity index (χ1) is 13.2. The Morgan fingerprint density at radius 2 is 1.86 bits per heavy atom. The summed E-state index contributed by atoms with van der Waals surface area (Å²) in [5.41, 5.74) is 0.708. The summed E-state index contributed by atoms with van der Waals surface area (Å²) in [5, 5.41) is 3.68. The van der Waals surface area contributed by atoms with Gasteiger partial charge in [-0.3, -0.25) is 9.59 Å². The molecule has 0 spiro atoms. The molecule has 0 heterocycles. The van der Waals surface area contributed by atoms with Crippen molar-refractivity contribution in [3.8, 4) is 0 Å². The second kappa shape index (κ2) is 10.1. The smallest absolute Gasteiger partial charge is 0.242 e. The van der Waals surface area contributed by atoms with Crippen molar-refractivity contribution in [3.05, 3.63) is 68.4 Å². The monoisotopic (exact) mass is 444 g/mol. The van der Waals surface area contributed by atoms with E-state index in [1.54, 1.807) is 32.0 Å². The number of nitrogens with zero attached hydrogens (tertiary/aromatic N) is 1. The Labute approximate surface area is 178 Å². The van der Waals surface area contributed by atoms with Crippen LogP contribution in [0, 0.1) is 5.82 Å². The molecule has 0 fully saturated rings. The molecule has 0 aliphatic heterocycles. The van der Waals surface area contributed by atoms with Gasteiger partial charge in [0, 0.05) is 33.7 Å². The molecule has 2 rings (SSSR count). The summed E-state index contributed by atoms with van der Waals surface area (Å²) in [5.74, 6) is -1.34. The van der Waals surface area contributed by atoms with E-state index in [2.05, 4.69) is 5.32 Å². The van der Waals surface area contributed by atoms with Crippen LogP contribution in [0.4, 0.5) is 4.39 Å². The molecule has 0 radical (unpaired) electrons. The Morgan fingerprint density at radius 1 is 1.14 bits per heavy atom. The first-order valence-corrected chi connectivity index (χ1v) is 9.82. The average Bonchev–Trinajstić information content (AvgIpc) is 2.63. The molecule has 1 atom stereocenters. The standard InChI is InChI=1S/C20H20Cl3FN2O2/c1-3-25-20(28)12(2)26(11-13-7-8-14(21)9-17(13)23)19(27)10-15-16(22)5-4-6-18(15)24/h4-9,12H,3,10-11H2,1-2H3,(H,25,28)/t12-/m0/s1. The molecule has 2 amide bonds. The van der Waals surface area contributed by atoms with Crippen LogP contribution in [0.1, 0.15) is 25.0 Å². The van der Waals surface area contributed by atoms with Crippen LogP contribution in [0.3, 0.4) is 0 Å². The molecule has 0 bridgehead atoms. The maximum Gasteiger partial charge on any atom is 0.242 e. The number of rotatable bonds is 7. The summed E-state index contributed by atoms with van der Waals surface area (Å²) >= 11 is 18.2. The molecule has 0 unspecified atom stereocenters. The van der Waals surface area contributed by atoms with E-state index in [0.29, 0.717) is 22.2 Å².